The first kappa shape index (κ1) is 18.8. The molecular formula is C23H21N7O2. The van der Waals surface area contributed by atoms with E-state index in [4.69, 9.17) is 9.72 Å². The summed E-state index contributed by atoms with van der Waals surface area (Å²) in [6.07, 6.45) is 3.45. The number of hydrogen-bond donors (Lipinski definition) is 1. The summed E-state index contributed by atoms with van der Waals surface area (Å²) in [5, 5.41) is 4.23. The number of para-hydroxylation sites is 1. The lowest BCUT2D eigenvalue weighted by atomic mass is 10.2. The van der Waals surface area contributed by atoms with Crippen molar-refractivity contribution >= 4 is 45.0 Å². The maximum Gasteiger partial charge on any atom is 0.275 e. The van der Waals surface area contributed by atoms with Crippen molar-refractivity contribution in [3.05, 3.63) is 65.2 Å². The minimum absolute atomic E-state index is 0.0825. The first-order valence-electron chi connectivity index (χ1n) is 10.5. The maximum absolute atomic E-state index is 12.9. The van der Waals surface area contributed by atoms with Gasteiger partial charge in [0.1, 0.15) is 16.9 Å². The average Bonchev–Trinajstić information content (AvgIpc) is 3.24. The van der Waals surface area contributed by atoms with Crippen LogP contribution in [0.4, 0.5) is 17.5 Å². The molecule has 32 heavy (non-hydrogen) atoms. The molecule has 6 rings (SSSR count). The van der Waals surface area contributed by atoms with Crippen LogP contribution >= 0.6 is 0 Å². The summed E-state index contributed by atoms with van der Waals surface area (Å²) < 4.78 is 8.90. The van der Waals surface area contributed by atoms with Crippen LogP contribution in [0, 0.1) is 0 Å². The van der Waals surface area contributed by atoms with Crippen LogP contribution in [0.5, 0.6) is 0 Å². The molecule has 1 aromatic carbocycles. The second-order valence-electron chi connectivity index (χ2n) is 7.82. The predicted octanol–water partition coefficient (Wildman–Crippen LogP) is 2.71. The van der Waals surface area contributed by atoms with Gasteiger partial charge in [-0.15, -0.1) is 0 Å². The van der Waals surface area contributed by atoms with Crippen LogP contribution in [-0.2, 0) is 11.8 Å². The number of nitrogens with zero attached hydrogens (tertiary/aromatic N) is 6. The zero-order valence-corrected chi connectivity index (χ0v) is 17.5. The van der Waals surface area contributed by atoms with E-state index in [1.165, 1.54) is 0 Å². The molecule has 0 bridgehead atoms. The van der Waals surface area contributed by atoms with Gasteiger partial charge in [0, 0.05) is 25.5 Å². The van der Waals surface area contributed by atoms with Crippen molar-refractivity contribution < 1.29 is 4.74 Å². The number of morpholine rings is 1. The standard InChI is InChI=1S/C23H21N7O2/c1-28-19-14-25-23(26-16-6-7-20(24-13-16)29-8-10-32-11-9-29)27-21(19)30-17-5-3-2-4-15(17)12-18(30)22(28)31/h2-7,12-14H,8-11H2,1H3,(H,25,26,27). The molecule has 0 spiro atoms. The Kier molecular flexibility index (Phi) is 4.29. The molecule has 5 aromatic rings. The molecule has 4 aromatic heterocycles. The highest BCUT2D eigenvalue weighted by Crippen LogP contribution is 2.24. The lowest BCUT2D eigenvalue weighted by Gasteiger charge is -2.27. The van der Waals surface area contributed by atoms with Crippen LogP contribution in [-0.4, -0.2) is 50.2 Å². The zero-order chi connectivity index (χ0) is 21.7. The number of pyridine rings is 1. The van der Waals surface area contributed by atoms with E-state index in [1.54, 1.807) is 24.0 Å². The van der Waals surface area contributed by atoms with E-state index in [1.807, 2.05) is 46.9 Å². The van der Waals surface area contributed by atoms with E-state index in [-0.39, 0.29) is 5.56 Å². The third kappa shape index (κ3) is 2.97. The van der Waals surface area contributed by atoms with Gasteiger partial charge in [-0.2, -0.15) is 4.98 Å². The molecule has 0 saturated carbocycles. The largest absolute Gasteiger partial charge is 0.378 e. The molecular weight excluding hydrogens is 406 g/mol. The molecule has 0 radical (unpaired) electrons. The Hall–Kier alpha value is -3.98. The highest BCUT2D eigenvalue weighted by atomic mass is 16.5. The number of hydrogen-bond acceptors (Lipinski definition) is 7. The molecule has 0 atom stereocenters. The van der Waals surface area contributed by atoms with Crippen LogP contribution in [0.2, 0.25) is 0 Å². The van der Waals surface area contributed by atoms with Gasteiger partial charge in [0.25, 0.3) is 5.56 Å². The van der Waals surface area contributed by atoms with Crippen LogP contribution in [0.15, 0.2) is 59.7 Å². The predicted molar refractivity (Wildman–Crippen MR) is 124 cm³/mol. The number of aryl methyl sites for hydroxylation is 1. The molecule has 1 N–H and O–H groups in total. The van der Waals surface area contributed by atoms with Crippen LogP contribution in [0.3, 0.4) is 0 Å². The normalized spacial score (nSPS) is 14.5. The van der Waals surface area contributed by atoms with Crippen molar-refractivity contribution in [2.45, 2.75) is 0 Å². The smallest absolute Gasteiger partial charge is 0.275 e. The number of anilines is 3. The summed E-state index contributed by atoms with van der Waals surface area (Å²) >= 11 is 0. The number of rotatable bonds is 3. The second kappa shape index (κ2) is 7.31. The van der Waals surface area contributed by atoms with Gasteiger partial charge in [-0.1, -0.05) is 18.2 Å². The van der Waals surface area contributed by atoms with Gasteiger partial charge in [-0.05, 0) is 24.3 Å². The van der Waals surface area contributed by atoms with Gasteiger partial charge in [0.2, 0.25) is 5.95 Å². The van der Waals surface area contributed by atoms with E-state index in [0.717, 1.165) is 48.7 Å². The highest BCUT2D eigenvalue weighted by Gasteiger charge is 2.15. The van der Waals surface area contributed by atoms with E-state index in [0.29, 0.717) is 22.6 Å². The molecule has 9 heteroatoms. The second-order valence-corrected chi connectivity index (χ2v) is 7.82. The minimum Gasteiger partial charge on any atom is -0.378 e. The Labute approximate surface area is 182 Å². The Morgan fingerprint density at radius 2 is 1.81 bits per heavy atom. The lowest BCUT2D eigenvalue weighted by molar-refractivity contribution is 0.122. The fraction of sp³-hybridized carbons (Fsp3) is 0.217. The Bertz CT molecular complexity index is 1520. The first-order valence-corrected chi connectivity index (χ1v) is 10.5. The minimum atomic E-state index is -0.0825. The monoisotopic (exact) mass is 427 g/mol. The summed E-state index contributed by atoms with van der Waals surface area (Å²) in [6, 6.07) is 13.8. The topological polar surface area (TPSA) is 89.6 Å². The Morgan fingerprint density at radius 3 is 2.62 bits per heavy atom. The van der Waals surface area contributed by atoms with Gasteiger partial charge < -0.3 is 19.5 Å². The van der Waals surface area contributed by atoms with Crippen molar-refractivity contribution in [2.75, 3.05) is 36.5 Å². The molecule has 160 valence electrons. The first-order chi connectivity index (χ1) is 15.7. The van der Waals surface area contributed by atoms with Gasteiger partial charge in [-0.3, -0.25) is 9.20 Å². The molecule has 1 fully saturated rings. The number of ether oxygens (including phenoxy) is 1. The van der Waals surface area contributed by atoms with Crippen molar-refractivity contribution in [1.29, 1.82) is 0 Å². The molecule has 1 aliphatic rings. The number of benzene rings is 1. The quantitative estimate of drug-likeness (QED) is 0.474. The van der Waals surface area contributed by atoms with Crippen molar-refractivity contribution in [2.24, 2.45) is 7.05 Å². The Morgan fingerprint density at radius 1 is 0.969 bits per heavy atom. The zero-order valence-electron chi connectivity index (χ0n) is 17.5. The van der Waals surface area contributed by atoms with Gasteiger partial charge >= 0.3 is 0 Å². The van der Waals surface area contributed by atoms with Crippen molar-refractivity contribution in [3.63, 3.8) is 0 Å². The molecule has 0 amide bonds. The fourth-order valence-corrected chi connectivity index (χ4v) is 4.22. The summed E-state index contributed by atoms with van der Waals surface area (Å²) in [5.74, 6) is 1.37. The summed E-state index contributed by atoms with van der Waals surface area (Å²) in [6.45, 7) is 3.12. The highest BCUT2D eigenvalue weighted by molar-refractivity contribution is 5.92. The number of fused-ring (bicyclic) bond motifs is 5. The van der Waals surface area contributed by atoms with Crippen molar-refractivity contribution in [3.8, 4) is 0 Å². The van der Waals surface area contributed by atoms with E-state index in [2.05, 4.69) is 20.2 Å². The average molecular weight is 427 g/mol. The van der Waals surface area contributed by atoms with Crippen LogP contribution in [0.1, 0.15) is 0 Å². The molecule has 1 aliphatic heterocycles. The van der Waals surface area contributed by atoms with E-state index < -0.39 is 0 Å². The van der Waals surface area contributed by atoms with E-state index in [9.17, 15) is 4.79 Å². The molecule has 9 nitrogen and oxygen atoms in total. The van der Waals surface area contributed by atoms with Gasteiger partial charge in [-0.25, -0.2) is 9.97 Å². The number of nitrogens with one attached hydrogen (secondary N) is 1. The molecule has 5 heterocycles. The fourth-order valence-electron chi connectivity index (χ4n) is 4.22. The molecule has 0 aliphatic carbocycles. The Balaban J connectivity index is 1.42. The van der Waals surface area contributed by atoms with Gasteiger partial charge in [0.15, 0.2) is 5.65 Å². The SMILES string of the molecule is Cn1c(=O)c2cc3ccccc3n2c2nc(Nc3ccc(N4CCOCC4)nc3)ncc21. The third-order valence-electron chi connectivity index (χ3n) is 5.90. The number of aromatic nitrogens is 5. The lowest BCUT2D eigenvalue weighted by Crippen LogP contribution is -2.36. The molecule has 1 saturated heterocycles. The maximum atomic E-state index is 12.9. The van der Waals surface area contributed by atoms with Crippen molar-refractivity contribution in [1.82, 2.24) is 23.9 Å². The van der Waals surface area contributed by atoms with Crippen LogP contribution in [0.25, 0.3) is 27.6 Å². The summed E-state index contributed by atoms with van der Waals surface area (Å²) in [5.41, 5.74) is 3.56. The summed E-state index contributed by atoms with van der Waals surface area (Å²) in [4.78, 5) is 28.9. The van der Waals surface area contributed by atoms with E-state index >= 15 is 0 Å². The summed E-state index contributed by atoms with van der Waals surface area (Å²) in [7, 11) is 1.74. The van der Waals surface area contributed by atoms with Crippen LogP contribution < -0.4 is 15.8 Å². The third-order valence-corrected chi connectivity index (χ3v) is 5.90. The molecule has 0 unspecified atom stereocenters. The van der Waals surface area contributed by atoms with Gasteiger partial charge in [0.05, 0.1) is 36.8 Å².